The normalized spacial score (nSPS) is 12.6. The average molecular weight is 250 g/mol. The average Bonchev–Trinajstić information content (AvgIpc) is 2.21. The van der Waals surface area contributed by atoms with E-state index in [9.17, 15) is 23.1 Å². The Morgan fingerprint density at radius 1 is 1.41 bits per heavy atom. The van der Waals surface area contributed by atoms with Gasteiger partial charge in [0.05, 0.1) is 0 Å². The smallest absolute Gasteiger partial charge is 0.387 e. The maximum Gasteiger partial charge on any atom is 0.387 e. The largest absolute Gasteiger partial charge is 0.479 e. The monoisotopic (exact) mass is 250 g/mol. The maximum atomic E-state index is 13.5. The van der Waals surface area contributed by atoms with Gasteiger partial charge in [0.1, 0.15) is 0 Å². The highest BCUT2D eigenvalue weighted by Gasteiger charge is 2.24. The molecule has 0 aliphatic rings. The van der Waals surface area contributed by atoms with Crippen LogP contribution in [0.25, 0.3) is 0 Å². The van der Waals surface area contributed by atoms with E-state index in [1.807, 2.05) is 0 Å². The highest BCUT2D eigenvalue weighted by atomic mass is 19.3. The van der Waals surface area contributed by atoms with Crippen molar-refractivity contribution in [3.05, 3.63) is 29.1 Å². The van der Waals surface area contributed by atoms with Crippen LogP contribution in [0.15, 0.2) is 12.1 Å². The SMILES string of the molecule is Cc1cc(OC(F)F)c(F)c(C(O)C(=O)O)c1. The van der Waals surface area contributed by atoms with Crippen LogP contribution in [0.5, 0.6) is 5.75 Å². The molecule has 0 saturated carbocycles. The molecule has 0 heterocycles. The molecule has 0 fully saturated rings. The fourth-order valence-corrected chi connectivity index (χ4v) is 1.28. The van der Waals surface area contributed by atoms with Crippen LogP contribution in [0.4, 0.5) is 13.2 Å². The number of aliphatic carboxylic acids is 1. The number of carboxylic acid groups (broad SMARTS) is 1. The quantitative estimate of drug-likeness (QED) is 0.855. The summed E-state index contributed by atoms with van der Waals surface area (Å²) in [6.45, 7) is -1.81. The number of rotatable bonds is 4. The van der Waals surface area contributed by atoms with Gasteiger partial charge in [-0.05, 0) is 24.6 Å². The summed E-state index contributed by atoms with van der Waals surface area (Å²) in [6.07, 6.45) is -2.13. The van der Waals surface area contributed by atoms with Crippen molar-refractivity contribution in [1.82, 2.24) is 0 Å². The van der Waals surface area contributed by atoms with Crippen LogP contribution in [0, 0.1) is 12.7 Å². The molecule has 0 spiro atoms. The number of aliphatic hydroxyl groups excluding tert-OH is 1. The predicted octanol–water partition coefficient (Wildman–Crippen LogP) is 1.85. The molecule has 1 atom stereocenters. The first-order valence-corrected chi connectivity index (χ1v) is 4.48. The number of carbonyl (C=O) groups is 1. The summed E-state index contributed by atoms with van der Waals surface area (Å²) in [6, 6.07) is 2.03. The zero-order chi connectivity index (χ0) is 13.2. The van der Waals surface area contributed by atoms with Crippen LogP contribution in [0.1, 0.15) is 17.2 Å². The Morgan fingerprint density at radius 3 is 2.47 bits per heavy atom. The van der Waals surface area contributed by atoms with Crippen LogP contribution < -0.4 is 4.74 Å². The Hall–Kier alpha value is -1.76. The van der Waals surface area contributed by atoms with Crippen molar-refractivity contribution in [2.45, 2.75) is 19.6 Å². The second-order valence-corrected chi connectivity index (χ2v) is 3.29. The van der Waals surface area contributed by atoms with Gasteiger partial charge in [-0.25, -0.2) is 9.18 Å². The molecule has 7 heteroatoms. The molecule has 1 rings (SSSR count). The fourth-order valence-electron chi connectivity index (χ4n) is 1.28. The predicted molar refractivity (Wildman–Crippen MR) is 50.4 cm³/mol. The molecule has 0 aromatic heterocycles. The Balaban J connectivity index is 3.23. The van der Waals surface area contributed by atoms with Crippen molar-refractivity contribution in [1.29, 1.82) is 0 Å². The molecule has 4 nitrogen and oxygen atoms in total. The summed E-state index contributed by atoms with van der Waals surface area (Å²) >= 11 is 0. The molecule has 2 N–H and O–H groups in total. The van der Waals surface area contributed by atoms with Gasteiger partial charge in [0, 0.05) is 5.56 Å². The zero-order valence-electron chi connectivity index (χ0n) is 8.65. The zero-order valence-corrected chi connectivity index (χ0v) is 8.65. The van der Waals surface area contributed by atoms with E-state index in [-0.39, 0.29) is 5.56 Å². The molecule has 0 bridgehead atoms. The molecule has 0 aliphatic carbocycles. The molecule has 0 radical (unpaired) electrons. The van der Waals surface area contributed by atoms with Gasteiger partial charge >= 0.3 is 12.6 Å². The summed E-state index contributed by atoms with van der Waals surface area (Å²) in [5.41, 5.74) is -0.328. The summed E-state index contributed by atoms with van der Waals surface area (Å²) in [7, 11) is 0. The number of alkyl halides is 2. The molecule has 1 unspecified atom stereocenters. The maximum absolute atomic E-state index is 13.5. The van der Waals surface area contributed by atoms with Crippen molar-refractivity contribution in [3.8, 4) is 5.75 Å². The third-order valence-corrected chi connectivity index (χ3v) is 1.96. The summed E-state index contributed by atoms with van der Waals surface area (Å²) in [4.78, 5) is 10.5. The molecule has 1 aromatic rings. The Labute approximate surface area is 94.3 Å². The molecule has 1 aromatic carbocycles. The van der Waals surface area contributed by atoms with Crippen molar-refractivity contribution in [2.24, 2.45) is 0 Å². The van der Waals surface area contributed by atoms with Gasteiger partial charge in [-0.15, -0.1) is 0 Å². The fraction of sp³-hybridized carbons (Fsp3) is 0.300. The van der Waals surface area contributed by atoms with Gasteiger partial charge in [-0.3, -0.25) is 0 Å². The minimum Gasteiger partial charge on any atom is -0.479 e. The van der Waals surface area contributed by atoms with Gasteiger partial charge in [0.15, 0.2) is 17.7 Å². The van der Waals surface area contributed by atoms with Gasteiger partial charge < -0.3 is 14.9 Å². The third-order valence-electron chi connectivity index (χ3n) is 1.96. The number of aryl methyl sites for hydroxylation is 1. The lowest BCUT2D eigenvalue weighted by atomic mass is 10.1. The van der Waals surface area contributed by atoms with Crippen LogP contribution in [-0.2, 0) is 4.79 Å². The molecular formula is C10H9F3O4. The topological polar surface area (TPSA) is 66.8 Å². The van der Waals surface area contributed by atoms with Crippen LogP contribution in [0.2, 0.25) is 0 Å². The number of hydrogen-bond acceptors (Lipinski definition) is 3. The Morgan fingerprint density at radius 2 is 2.00 bits per heavy atom. The summed E-state index contributed by atoms with van der Waals surface area (Å²) in [5, 5.41) is 17.7. The summed E-state index contributed by atoms with van der Waals surface area (Å²) in [5.74, 6) is -3.79. The standard InChI is InChI=1S/C10H9F3O4/c1-4-2-5(8(14)9(15)16)7(11)6(3-4)17-10(12)13/h2-3,8,10,14H,1H3,(H,15,16). The van der Waals surface area contributed by atoms with Gasteiger partial charge in [-0.2, -0.15) is 8.78 Å². The minimum atomic E-state index is -3.24. The number of aliphatic hydroxyl groups is 1. The number of ether oxygens (including phenoxy) is 1. The van der Waals surface area contributed by atoms with Crippen molar-refractivity contribution < 1.29 is 32.9 Å². The van der Waals surface area contributed by atoms with Crippen molar-refractivity contribution in [2.75, 3.05) is 0 Å². The first kappa shape index (κ1) is 13.3. The lowest BCUT2D eigenvalue weighted by Crippen LogP contribution is -2.14. The highest BCUT2D eigenvalue weighted by Crippen LogP contribution is 2.28. The van der Waals surface area contributed by atoms with Gasteiger partial charge in [0.2, 0.25) is 0 Å². The van der Waals surface area contributed by atoms with E-state index in [1.54, 1.807) is 0 Å². The van der Waals surface area contributed by atoms with E-state index < -0.39 is 35.8 Å². The van der Waals surface area contributed by atoms with E-state index in [0.717, 1.165) is 12.1 Å². The molecule has 17 heavy (non-hydrogen) atoms. The summed E-state index contributed by atoms with van der Waals surface area (Å²) < 4.78 is 41.3. The first-order chi connectivity index (χ1) is 7.82. The lowest BCUT2D eigenvalue weighted by molar-refractivity contribution is -0.147. The Kier molecular flexibility index (Phi) is 3.95. The van der Waals surface area contributed by atoms with E-state index >= 15 is 0 Å². The number of carboxylic acids is 1. The molecule has 0 amide bonds. The number of halogens is 3. The second-order valence-electron chi connectivity index (χ2n) is 3.29. The van der Waals surface area contributed by atoms with Crippen LogP contribution >= 0.6 is 0 Å². The highest BCUT2D eigenvalue weighted by molar-refractivity contribution is 5.74. The van der Waals surface area contributed by atoms with E-state index in [0.29, 0.717) is 0 Å². The molecule has 0 aliphatic heterocycles. The van der Waals surface area contributed by atoms with E-state index in [4.69, 9.17) is 5.11 Å². The lowest BCUT2D eigenvalue weighted by Gasteiger charge is -2.12. The first-order valence-electron chi connectivity index (χ1n) is 4.48. The molecular weight excluding hydrogens is 241 g/mol. The van der Waals surface area contributed by atoms with E-state index in [2.05, 4.69) is 4.74 Å². The Bertz CT molecular complexity index is 434. The van der Waals surface area contributed by atoms with Crippen LogP contribution in [0.3, 0.4) is 0 Å². The van der Waals surface area contributed by atoms with Gasteiger partial charge in [0.25, 0.3) is 0 Å². The molecule has 0 saturated heterocycles. The van der Waals surface area contributed by atoms with Crippen molar-refractivity contribution in [3.63, 3.8) is 0 Å². The van der Waals surface area contributed by atoms with Crippen LogP contribution in [-0.4, -0.2) is 22.8 Å². The molecule has 94 valence electrons. The van der Waals surface area contributed by atoms with Crippen molar-refractivity contribution >= 4 is 5.97 Å². The minimum absolute atomic E-state index is 0.289. The van der Waals surface area contributed by atoms with Gasteiger partial charge in [-0.1, -0.05) is 0 Å². The number of hydrogen-bond donors (Lipinski definition) is 2. The third kappa shape index (κ3) is 3.10. The number of benzene rings is 1. The second kappa shape index (κ2) is 5.05. The van der Waals surface area contributed by atoms with E-state index in [1.165, 1.54) is 6.92 Å².